The Morgan fingerprint density at radius 1 is 1.12 bits per heavy atom. The first-order valence-corrected chi connectivity index (χ1v) is 5.35. The summed E-state index contributed by atoms with van der Waals surface area (Å²) in [6, 6.07) is 8.72. The van der Waals surface area contributed by atoms with Crippen LogP contribution in [-0.2, 0) is 0 Å². The molecule has 1 atom stereocenters. The van der Waals surface area contributed by atoms with Gasteiger partial charge in [0.1, 0.15) is 5.82 Å². The molecule has 0 amide bonds. The summed E-state index contributed by atoms with van der Waals surface area (Å²) in [6.45, 7) is 4.20. The maximum atomic E-state index is 4.19. The highest BCUT2D eigenvalue weighted by Gasteiger charge is 2.04. The number of aryl methyl sites for hydroxylation is 1. The number of rotatable bonds is 3. The van der Waals surface area contributed by atoms with Crippen LogP contribution in [0.5, 0.6) is 0 Å². The Kier molecular flexibility index (Phi) is 3.15. The Balaban J connectivity index is 2.09. The first-order chi connectivity index (χ1) is 7.75. The quantitative estimate of drug-likeness (QED) is 0.851. The van der Waals surface area contributed by atoms with Gasteiger partial charge >= 0.3 is 0 Å². The van der Waals surface area contributed by atoms with Crippen LogP contribution in [0.1, 0.15) is 24.1 Å². The van der Waals surface area contributed by atoms with Crippen LogP contribution in [0.25, 0.3) is 0 Å². The molecule has 82 valence electrons. The summed E-state index contributed by atoms with van der Waals surface area (Å²) in [5.41, 5.74) is 2.52. The Morgan fingerprint density at radius 3 is 2.50 bits per heavy atom. The van der Waals surface area contributed by atoms with E-state index in [4.69, 9.17) is 0 Å². The van der Waals surface area contributed by atoms with Gasteiger partial charge in [0.15, 0.2) is 0 Å². The molecule has 1 aromatic heterocycles. The van der Waals surface area contributed by atoms with Crippen molar-refractivity contribution >= 4 is 5.82 Å². The van der Waals surface area contributed by atoms with Crippen molar-refractivity contribution in [3.05, 3.63) is 54.0 Å². The standard InChI is InChI=1S/C13H15N3/c1-10-3-5-12(6-4-10)11(2)16-13-9-14-7-8-15-13/h3-9,11H,1-2H3,(H,15,16). The number of nitrogens with zero attached hydrogens (tertiary/aromatic N) is 2. The summed E-state index contributed by atoms with van der Waals surface area (Å²) in [5.74, 6) is 0.801. The maximum Gasteiger partial charge on any atom is 0.144 e. The SMILES string of the molecule is Cc1ccc(C(C)Nc2cnccn2)cc1. The number of nitrogens with one attached hydrogen (secondary N) is 1. The van der Waals surface area contributed by atoms with E-state index >= 15 is 0 Å². The van der Waals surface area contributed by atoms with Crippen LogP contribution >= 0.6 is 0 Å². The minimum atomic E-state index is 0.234. The Bertz CT molecular complexity index is 436. The molecule has 0 aliphatic heterocycles. The van der Waals surface area contributed by atoms with Gasteiger partial charge in [-0.3, -0.25) is 4.98 Å². The molecule has 2 rings (SSSR count). The second-order valence-corrected chi connectivity index (χ2v) is 3.87. The van der Waals surface area contributed by atoms with E-state index < -0.39 is 0 Å². The summed E-state index contributed by atoms with van der Waals surface area (Å²) >= 11 is 0. The molecule has 0 spiro atoms. The number of hydrogen-bond donors (Lipinski definition) is 1. The minimum absolute atomic E-state index is 0.234. The van der Waals surface area contributed by atoms with Gasteiger partial charge in [-0.05, 0) is 19.4 Å². The first kappa shape index (κ1) is 10.6. The van der Waals surface area contributed by atoms with E-state index in [2.05, 4.69) is 53.4 Å². The Morgan fingerprint density at radius 2 is 1.88 bits per heavy atom. The number of aromatic nitrogens is 2. The molecular formula is C13H15N3. The third-order valence-corrected chi connectivity index (χ3v) is 2.50. The molecule has 0 fully saturated rings. The third kappa shape index (κ3) is 2.57. The van der Waals surface area contributed by atoms with Gasteiger partial charge in [0.25, 0.3) is 0 Å². The zero-order valence-electron chi connectivity index (χ0n) is 9.51. The fraction of sp³-hybridized carbons (Fsp3) is 0.231. The molecule has 0 aliphatic carbocycles. The molecule has 3 heteroatoms. The predicted octanol–water partition coefficient (Wildman–Crippen LogP) is 2.96. The van der Waals surface area contributed by atoms with E-state index in [0.29, 0.717) is 0 Å². The number of anilines is 1. The van der Waals surface area contributed by atoms with Crippen molar-refractivity contribution in [1.29, 1.82) is 0 Å². The summed E-state index contributed by atoms with van der Waals surface area (Å²) in [7, 11) is 0. The molecule has 0 bridgehead atoms. The number of benzene rings is 1. The lowest BCUT2D eigenvalue weighted by Gasteiger charge is -2.14. The third-order valence-electron chi connectivity index (χ3n) is 2.50. The van der Waals surface area contributed by atoms with Crippen molar-refractivity contribution in [3.63, 3.8) is 0 Å². The van der Waals surface area contributed by atoms with Crippen LogP contribution in [0.3, 0.4) is 0 Å². The summed E-state index contributed by atoms with van der Waals surface area (Å²) in [6.07, 6.45) is 5.08. The van der Waals surface area contributed by atoms with Gasteiger partial charge in [0.05, 0.1) is 6.20 Å². The van der Waals surface area contributed by atoms with Crippen LogP contribution < -0.4 is 5.32 Å². The molecule has 0 aliphatic rings. The lowest BCUT2D eigenvalue weighted by atomic mass is 10.1. The second-order valence-electron chi connectivity index (χ2n) is 3.87. The largest absolute Gasteiger partial charge is 0.362 e. The van der Waals surface area contributed by atoms with Gasteiger partial charge in [-0.15, -0.1) is 0 Å². The first-order valence-electron chi connectivity index (χ1n) is 5.35. The Hall–Kier alpha value is -1.90. The average Bonchev–Trinajstić information content (AvgIpc) is 2.31. The zero-order valence-corrected chi connectivity index (χ0v) is 9.51. The molecule has 0 saturated carbocycles. The molecule has 1 aromatic carbocycles. The highest BCUT2D eigenvalue weighted by Crippen LogP contribution is 2.17. The number of hydrogen-bond acceptors (Lipinski definition) is 3. The fourth-order valence-corrected chi connectivity index (χ4v) is 1.53. The van der Waals surface area contributed by atoms with Crippen LogP contribution in [-0.4, -0.2) is 9.97 Å². The normalized spacial score (nSPS) is 12.1. The highest BCUT2D eigenvalue weighted by molar-refractivity contribution is 5.35. The molecule has 2 aromatic rings. The Labute approximate surface area is 95.6 Å². The smallest absolute Gasteiger partial charge is 0.144 e. The lowest BCUT2D eigenvalue weighted by molar-refractivity contribution is 0.871. The van der Waals surface area contributed by atoms with Crippen molar-refractivity contribution in [2.75, 3.05) is 5.32 Å². The van der Waals surface area contributed by atoms with Crippen LogP contribution in [0, 0.1) is 6.92 Å². The maximum absolute atomic E-state index is 4.19. The van der Waals surface area contributed by atoms with Gasteiger partial charge in [0.2, 0.25) is 0 Å². The molecule has 16 heavy (non-hydrogen) atoms. The summed E-state index contributed by atoms with van der Waals surface area (Å²) in [5, 5.41) is 3.30. The molecule has 1 unspecified atom stereocenters. The van der Waals surface area contributed by atoms with Gasteiger partial charge in [-0.2, -0.15) is 0 Å². The van der Waals surface area contributed by atoms with Crippen molar-refractivity contribution in [2.24, 2.45) is 0 Å². The summed E-state index contributed by atoms with van der Waals surface area (Å²) < 4.78 is 0. The minimum Gasteiger partial charge on any atom is -0.362 e. The second kappa shape index (κ2) is 4.75. The lowest BCUT2D eigenvalue weighted by Crippen LogP contribution is -2.07. The summed E-state index contributed by atoms with van der Waals surface area (Å²) in [4.78, 5) is 8.21. The van der Waals surface area contributed by atoms with Crippen molar-refractivity contribution < 1.29 is 0 Å². The average molecular weight is 213 g/mol. The van der Waals surface area contributed by atoms with E-state index in [-0.39, 0.29) is 6.04 Å². The fourth-order valence-electron chi connectivity index (χ4n) is 1.53. The van der Waals surface area contributed by atoms with Crippen molar-refractivity contribution in [1.82, 2.24) is 9.97 Å². The molecule has 0 saturated heterocycles. The highest BCUT2D eigenvalue weighted by atomic mass is 15.0. The molecule has 3 nitrogen and oxygen atoms in total. The van der Waals surface area contributed by atoms with Crippen LogP contribution in [0.4, 0.5) is 5.82 Å². The monoisotopic (exact) mass is 213 g/mol. The van der Waals surface area contributed by atoms with Gasteiger partial charge in [0, 0.05) is 18.4 Å². The topological polar surface area (TPSA) is 37.8 Å². The van der Waals surface area contributed by atoms with E-state index in [1.165, 1.54) is 11.1 Å². The van der Waals surface area contributed by atoms with Crippen molar-refractivity contribution in [2.45, 2.75) is 19.9 Å². The molecule has 0 radical (unpaired) electrons. The molecule has 1 N–H and O–H groups in total. The van der Waals surface area contributed by atoms with Gasteiger partial charge in [-0.1, -0.05) is 29.8 Å². The molecule has 1 heterocycles. The van der Waals surface area contributed by atoms with Crippen molar-refractivity contribution in [3.8, 4) is 0 Å². The zero-order chi connectivity index (χ0) is 11.4. The van der Waals surface area contributed by atoms with E-state index in [9.17, 15) is 0 Å². The van der Waals surface area contributed by atoms with E-state index in [1.807, 2.05) is 0 Å². The predicted molar refractivity (Wildman–Crippen MR) is 65.2 cm³/mol. The van der Waals surface area contributed by atoms with E-state index in [1.54, 1.807) is 18.6 Å². The van der Waals surface area contributed by atoms with Crippen LogP contribution in [0.2, 0.25) is 0 Å². The van der Waals surface area contributed by atoms with E-state index in [0.717, 1.165) is 5.82 Å². The molecular weight excluding hydrogens is 198 g/mol. The van der Waals surface area contributed by atoms with Gasteiger partial charge in [-0.25, -0.2) is 4.98 Å². The van der Waals surface area contributed by atoms with Gasteiger partial charge < -0.3 is 5.32 Å². The van der Waals surface area contributed by atoms with Crippen LogP contribution in [0.15, 0.2) is 42.9 Å².